The fourth-order valence-corrected chi connectivity index (χ4v) is 4.60. The average Bonchev–Trinajstić information content (AvgIpc) is 2.54. The highest BCUT2D eigenvalue weighted by atomic mass is 19.1. The van der Waals surface area contributed by atoms with E-state index in [1.807, 2.05) is 0 Å². The van der Waals surface area contributed by atoms with E-state index in [0.29, 0.717) is 6.42 Å². The minimum Gasteiger partial charge on any atom is -0.251 e. The Hall–Kier alpha value is -0.330. The van der Waals surface area contributed by atoms with Crippen molar-refractivity contribution in [2.75, 3.05) is 6.67 Å². The lowest BCUT2D eigenvalue weighted by Gasteiger charge is -2.37. The maximum Gasteiger partial charge on any atom is 0.0928 e. The van der Waals surface area contributed by atoms with Gasteiger partial charge in [0.15, 0.2) is 0 Å². The predicted molar refractivity (Wildman–Crippen MR) is 90.2 cm³/mol. The Kier molecular flexibility index (Phi) is 7.82. The van der Waals surface area contributed by atoms with Crippen molar-refractivity contribution in [2.24, 2.45) is 23.7 Å². The van der Waals surface area contributed by atoms with Gasteiger partial charge in [-0.05, 0) is 68.6 Å². The van der Waals surface area contributed by atoms with Gasteiger partial charge in [-0.3, -0.25) is 4.39 Å². The van der Waals surface area contributed by atoms with Crippen LogP contribution in [0, 0.1) is 23.7 Å². The van der Waals surface area contributed by atoms with Crippen LogP contribution in [0.2, 0.25) is 0 Å². The third-order valence-corrected chi connectivity index (χ3v) is 6.02. The molecule has 0 spiro atoms. The minimum atomic E-state index is -0.201. The van der Waals surface area contributed by atoms with Crippen LogP contribution < -0.4 is 0 Å². The van der Waals surface area contributed by atoms with E-state index in [0.717, 1.165) is 23.7 Å². The highest BCUT2D eigenvalue weighted by Crippen LogP contribution is 2.42. The molecule has 0 radical (unpaired) electrons. The topological polar surface area (TPSA) is 0 Å². The van der Waals surface area contributed by atoms with Crippen LogP contribution in [0.1, 0.15) is 84.0 Å². The predicted octanol–water partition coefficient (Wildman–Crippen LogP) is 6.71. The summed E-state index contributed by atoms with van der Waals surface area (Å²) in [6.07, 6.45) is 20.8. The van der Waals surface area contributed by atoms with Crippen LogP contribution in [0.25, 0.3) is 0 Å². The lowest BCUT2D eigenvalue weighted by atomic mass is 9.68. The number of unbranched alkanes of at least 4 members (excludes halogenated alkanes) is 1. The Labute approximate surface area is 131 Å². The summed E-state index contributed by atoms with van der Waals surface area (Å²) in [5.41, 5.74) is 0. The van der Waals surface area contributed by atoms with E-state index in [4.69, 9.17) is 0 Å². The highest BCUT2D eigenvalue weighted by molar-refractivity contribution is 4.92. The Balaban J connectivity index is 1.64. The van der Waals surface area contributed by atoms with E-state index >= 15 is 0 Å². The van der Waals surface area contributed by atoms with Gasteiger partial charge in [0.05, 0.1) is 6.67 Å². The average molecular weight is 294 g/mol. The summed E-state index contributed by atoms with van der Waals surface area (Å²) in [5.74, 6) is 3.82. The number of rotatable bonds is 7. The summed E-state index contributed by atoms with van der Waals surface area (Å²) in [6.45, 7) is 2.11. The number of hydrogen-bond donors (Lipinski definition) is 0. The van der Waals surface area contributed by atoms with Crippen molar-refractivity contribution in [1.29, 1.82) is 0 Å². The van der Waals surface area contributed by atoms with Gasteiger partial charge in [-0.1, -0.05) is 51.2 Å². The van der Waals surface area contributed by atoms with Gasteiger partial charge in [-0.15, -0.1) is 0 Å². The summed E-state index contributed by atoms with van der Waals surface area (Å²) in [5, 5.41) is 0. The number of allylic oxidation sites excluding steroid dienone is 2. The Bertz CT molecular complexity index is 280. The van der Waals surface area contributed by atoms with Crippen LogP contribution in [0.15, 0.2) is 12.2 Å². The van der Waals surface area contributed by atoms with Gasteiger partial charge < -0.3 is 0 Å². The number of halogens is 1. The molecule has 0 N–H and O–H groups in total. The summed E-state index contributed by atoms with van der Waals surface area (Å²) < 4.78 is 12.1. The summed E-state index contributed by atoms with van der Waals surface area (Å²) >= 11 is 0. The monoisotopic (exact) mass is 294 g/mol. The molecular weight excluding hydrogens is 259 g/mol. The van der Waals surface area contributed by atoms with Crippen molar-refractivity contribution in [3.8, 4) is 0 Å². The van der Waals surface area contributed by atoms with Crippen LogP contribution in [-0.2, 0) is 0 Å². The molecule has 2 aliphatic carbocycles. The van der Waals surface area contributed by atoms with Crippen LogP contribution >= 0.6 is 0 Å². The minimum absolute atomic E-state index is 0.201. The molecule has 0 saturated heterocycles. The molecule has 2 saturated carbocycles. The van der Waals surface area contributed by atoms with Gasteiger partial charge in [0.2, 0.25) is 0 Å². The molecule has 2 rings (SSSR count). The molecule has 0 heterocycles. The zero-order valence-electron chi connectivity index (χ0n) is 14.0. The van der Waals surface area contributed by atoms with E-state index in [1.165, 1.54) is 70.6 Å². The first-order valence-electron chi connectivity index (χ1n) is 9.56. The van der Waals surface area contributed by atoms with Gasteiger partial charge >= 0.3 is 0 Å². The van der Waals surface area contributed by atoms with Gasteiger partial charge in [-0.25, -0.2) is 0 Å². The second-order valence-corrected chi connectivity index (χ2v) is 7.50. The summed E-state index contributed by atoms with van der Waals surface area (Å²) in [7, 11) is 0. The molecule has 0 atom stereocenters. The normalized spacial score (nSPS) is 34.4. The van der Waals surface area contributed by atoms with Crippen molar-refractivity contribution in [1.82, 2.24) is 0 Å². The Morgan fingerprint density at radius 3 is 2.10 bits per heavy atom. The first-order valence-corrected chi connectivity index (χ1v) is 9.56. The lowest BCUT2D eigenvalue weighted by molar-refractivity contribution is 0.151. The summed E-state index contributed by atoms with van der Waals surface area (Å²) in [4.78, 5) is 0. The fourth-order valence-electron chi connectivity index (χ4n) is 4.60. The van der Waals surface area contributed by atoms with E-state index in [9.17, 15) is 4.39 Å². The van der Waals surface area contributed by atoms with Crippen LogP contribution in [-0.4, -0.2) is 6.67 Å². The molecule has 122 valence electrons. The molecule has 0 aromatic carbocycles. The first kappa shape index (κ1) is 17.0. The number of alkyl halides is 1. The molecule has 2 aliphatic rings. The molecule has 0 amide bonds. The van der Waals surface area contributed by atoms with Gasteiger partial charge in [-0.2, -0.15) is 0 Å². The van der Waals surface area contributed by atoms with Gasteiger partial charge in [0, 0.05) is 0 Å². The zero-order chi connectivity index (χ0) is 14.9. The van der Waals surface area contributed by atoms with Gasteiger partial charge in [0.1, 0.15) is 0 Å². The van der Waals surface area contributed by atoms with Crippen molar-refractivity contribution in [2.45, 2.75) is 84.0 Å². The second kappa shape index (κ2) is 9.64. The molecule has 0 bridgehead atoms. The third-order valence-electron chi connectivity index (χ3n) is 6.02. The summed E-state index contributed by atoms with van der Waals surface area (Å²) in [6, 6.07) is 0. The molecule has 0 aromatic rings. The molecule has 21 heavy (non-hydrogen) atoms. The molecule has 0 aromatic heterocycles. The van der Waals surface area contributed by atoms with E-state index in [2.05, 4.69) is 19.1 Å². The number of hydrogen-bond acceptors (Lipinski definition) is 0. The quantitative estimate of drug-likeness (QED) is 0.458. The molecule has 0 unspecified atom stereocenters. The van der Waals surface area contributed by atoms with Crippen LogP contribution in [0.3, 0.4) is 0 Å². The maximum atomic E-state index is 12.1. The molecule has 2 fully saturated rings. The van der Waals surface area contributed by atoms with E-state index in [-0.39, 0.29) is 6.67 Å². The molecule has 1 heteroatoms. The second-order valence-electron chi connectivity index (χ2n) is 7.50. The van der Waals surface area contributed by atoms with Crippen molar-refractivity contribution >= 4 is 0 Å². The zero-order valence-corrected chi connectivity index (χ0v) is 14.0. The molecule has 0 aliphatic heterocycles. The SMILES string of the molecule is CCCCC1CCC([C@H]2CC[C@H](/C=C/CCF)CC2)CC1. The fraction of sp³-hybridized carbons (Fsp3) is 0.900. The largest absolute Gasteiger partial charge is 0.251 e. The van der Waals surface area contributed by atoms with E-state index in [1.54, 1.807) is 0 Å². The van der Waals surface area contributed by atoms with Gasteiger partial charge in [0.25, 0.3) is 0 Å². The Morgan fingerprint density at radius 1 is 0.905 bits per heavy atom. The van der Waals surface area contributed by atoms with Crippen molar-refractivity contribution in [3.63, 3.8) is 0 Å². The molecule has 0 nitrogen and oxygen atoms in total. The van der Waals surface area contributed by atoms with Crippen LogP contribution in [0.5, 0.6) is 0 Å². The lowest BCUT2D eigenvalue weighted by Crippen LogP contribution is -2.25. The third kappa shape index (κ3) is 5.75. The first-order chi connectivity index (χ1) is 10.3. The smallest absolute Gasteiger partial charge is 0.0928 e. The Morgan fingerprint density at radius 2 is 1.52 bits per heavy atom. The standard InChI is InChI=1S/C20H35F/c1-2-3-6-17-8-12-19(13-9-17)20-14-10-18(11-15-20)7-4-5-16-21/h4,7,17-20H,2-3,5-6,8-16H2,1H3/b7-4+/t17?,18-,19?,20-. The maximum absolute atomic E-state index is 12.1. The van der Waals surface area contributed by atoms with Crippen LogP contribution in [0.4, 0.5) is 4.39 Å². The highest BCUT2D eigenvalue weighted by Gasteiger charge is 2.29. The molecular formula is C20H35F. The van der Waals surface area contributed by atoms with Crippen molar-refractivity contribution < 1.29 is 4.39 Å². The van der Waals surface area contributed by atoms with E-state index < -0.39 is 0 Å². The van der Waals surface area contributed by atoms with Crippen molar-refractivity contribution in [3.05, 3.63) is 12.2 Å².